The molecule has 0 radical (unpaired) electrons. The molecule has 2 amide bonds. The Morgan fingerprint density at radius 2 is 1.55 bits per heavy atom. The molecule has 3 aromatic carbocycles. The number of para-hydroxylation sites is 1. The van der Waals surface area contributed by atoms with Crippen LogP contribution in [0.25, 0.3) is 11.1 Å². The molecule has 4 aromatic rings. The van der Waals surface area contributed by atoms with E-state index in [1.165, 1.54) is 6.26 Å². The van der Waals surface area contributed by atoms with E-state index in [1.54, 1.807) is 54.7 Å². The second-order valence-corrected chi connectivity index (χ2v) is 10.9. The highest BCUT2D eigenvalue weighted by Gasteiger charge is 2.13. The standard InChI is InChI=1S/C27H29N7O3S/c1-18(17-35)30-25-24(16-29-26(34-25)31-21-12-14-23(15-13-21)38(2,28)37)19-8-10-22(11-9-19)33-27(36)32-20-6-4-3-5-7-20/h3-16,18,28,35H,17H2,1-2H3,(H2,32,33,36)(H2,29,30,31,34)/t18-,38+/m1/s1. The molecule has 10 nitrogen and oxygen atoms in total. The number of anilines is 5. The van der Waals surface area contributed by atoms with Crippen LogP contribution in [0, 0.1) is 4.78 Å². The van der Waals surface area contributed by atoms with Gasteiger partial charge in [-0.25, -0.2) is 18.8 Å². The number of hydrogen-bond donors (Lipinski definition) is 6. The first-order valence-electron chi connectivity index (χ1n) is 11.8. The first kappa shape index (κ1) is 26.6. The average Bonchev–Trinajstić information content (AvgIpc) is 2.90. The van der Waals surface area contributed by atoms with Gasteiger partial charge in [0.25, 0.3) is 0 Å². The summed E-state index contributed by atoms with van der Waals surface area (Å²) >= 11 is 0. The van der Waals surface area contributed by atoms with Crippen molar-refractivity contribution in [2.24, 2.45) is 0 Å². The third-order valence-electron chi connectivity index (χ3n) is 5.49. The van der Waals surface area contributed by atoms with E-state index >= 15 is 0 Å². The quantitative estimate of drug-likeness (QED) is 0.170. The van der Waals surface area contributed by atoms with Gasteiger partial charge in [0.2, 0.25) is 5.95 Å². The second-order valence-electron chi connectivity index (χ2n) is 8.70. The van der Waals surface area contributed by atoms with E-state index in [0.717, 1.165) is 5.56 Å². The molecule has 196 valence electrons. The number of aliphatic hydroxyl groups excluding tert-OH is 1. The molecule has 2 atom stereocenters. The van der Waals surface area contributed by atoms with Gasteiger partial charge < -0.3 is 26.4 Å². The Balaban J connectivity index is 1.52. The van der Waals surface area contributed by atoms with Crippen molar-refractivity contribution in [2.45, 2.75) is 17.9 Å². The molecular formula is C27H29N7O3S. The van der Waals surface area contributed by atoms with Crippen LogP contribution in [0.2, 0.25) is 0 Å². The van der Waals surface area contributed by atoms with Crippen molar-refractivity contribution in [2.75, 3.05) is 34.1 Å². The zero-order valence-corrected chi connectivity index (χ0v) is 21.8. The Hall–Kier alpha value is -4.48. The topological polar surface area (TPSA) is 152 Å². The van der Waals surface area contributed by atoms with E-state index < -0.39 is 9.73 Å². The maximum atomic E-state index is 12.3. The number of carbonyl (C=O) groups excluding carboxylic acids is 1. The van der Waals surface area contributed by atoms with Crippen molar-refractivity contribution in [3.8, 4) is 11.1 Å². The molecular weight excluding hydrogens is 502 g/mol. The van der Waals surface area contributed by atoms with Crippen molar-refractivity contribution < 1.29 is 14.1 Å². The Morgan fingerprint density at radius 1 is 0.947 bits per heavy atom. The molecule has 0 aliphatic heterocycles. The van der Waals surface area contributed by atoms with Crippen LogP contribution in [0.1, 0.15) is 6.92 Å². The van der Waals surface area contributed by atoms with Gasteiger partial charge in [-0.1, -0.05) is 30.3 Å². The lowest BCUT2D eigenvalue weighted by atomic mass is 10.1. The molecule has 0 spiro atoms. The van der Waals surface area contributed by atoms with Gasteiger partial charge in [0.1, 0.15) is 5.82 Å². The van der Waals surface area contributed by atoms with Gasteiger partial charge in [0, 0.05) is 46.0 Å². The number of hydrogen-bond acceptors (Lipinski definition) is 8. The SMILES string of the molecule is C[C@H](CO)Nc1nc(Nc2ccc([S@@](C)(=N)=O)cc2)ncc1-c1ccc(NC(=O)Nc2ccccc2)cc1. The average molecular weight is 532 g/mol. The summed E-state index contributed by atoms with van der Waals surface area (Å²) in [4.78, 5) is 21.8. The van der Waals surface area contributed by atoms with E-state index in [9.17, 15) is 14.1 Å². The summed E-state index contributed by atoms with van der Waals surface area (Å²) in [6.45, 7) is 1.75. The Labute approximate surface area is 221 Å². The number of benzene rings is 3. The van der Waals surface area contributed by atoms with Crippen LogP contribution in [-0.4, -0.2) is 44.2 Å². The normalized spacial score (nSPS) is 13.1. The summed E-state index contributed by atoms with van der Waals surface area (Å²) in [5.74, 6) is 0.846. The zero-order chi connectivity index (χ0) is 27.1. The molecule has 1 heterocycles. The molecule has 11 heteroatoms. The molecule has 1 aromatic heterocycles. The predicted molar refractivity (Wildman–Crippen MR) is 151 cm³/mol. The first-order valence-corrected chi connectivity index (χ1v) is 13.8. The smallest absolute Gasteiger partial charge is 0.323 e. The summed E-state index contributed by atoms with van der Waals surface area (Å²) in [6, 6.07) is 22.5. The third kappa shape index (κ3) is 7.05. The van der Waals surface area contributed by atoms with Crippen molar-refractivity contribution >= 4 is 44.6 Å². The molecule has 0 aliphatic rings. The van der Waals surface area contributed by atoms with E-state index in [1.807, 2.05) is 37.3 Å². The molecule has 0 bridgehead atoms. The van der Waals surface area contributed by atoms with Crippen molar-refractivity contribution in [1.82, 2.24) is 9.97 Å². The Morgan fingerprint density at radius 3 is 2.16 bits per heavy atom. The van der Waals surface area contributed by atoms with Crippen LogP contribution in [0.15, 0.2) is 90.0 Å². The van der Waals surface area contributed by atoms with E-state index in [4.69, 9.17) is 4.78 Å². The number of aliphatic hydroxyl groups is 1. The summed E-state index contributed by atoms with van der Waals surface area (Å²) in [5.41, 5.74) is 3.52. The van der Waals surface area contributed by atoms with Gasteiger partial charge in [-0.2, -0.15) is 4.98 Å². The van der Waals surface area contributed by atoms with Crippen LogP contribution in [0.3, 0.4) is 0 Å². The van der Waals surface area contributed by atoms with E-state index in [2.05, 4.69) is 31.2 Å². The molecule has 0 aliphatic carbocycles. The van der Waals surface area contributed by atoms with Crippen LogP contribution >= 0.6 is 0 Å². The third-order valence-corrected chi connectivity index (χ3v) is 6.66. The van der Waals surface area contributed by atoms with E-state index in [0.29, 0.717) is 39.3 Å². The first-order chi connectivity index (χ1) is 18.2. The lowest BCUT2D eigenvalue weighted by Crippen LogP contribution is -2.21. The van der Waals surface area contributed by atoms with Crippen molar-refractivity contribution in [3.63, 3.8) is 0 Å². The van der Waals surface area contributed by atoms with Gasteiger partial charge in [0.15, 0.2) is 0 Å². The van der Waals surface area contributed by atoms with Gasteiger partial charge in [-0.3, -0.25) is 0 Å². The fourth-order valence-electron chi connectivity index (χ4n) is 3.52. The van der Waals surface area contributed by atoms with Gasteiger partial charge in [0.05, 0.1) is 16.3 Å². The molecule has 4 rings (SSSR count). The number of nitrogens with one attached hydrogen (secondary N) is 5. The lowest BCUT2D eigenvalue weighted by molar-refractivity contribution is 0.262. The molecule has 6 N–H and O–H groups in total. The number of carbonyl (C=O) groups is 1. The van der Waals surface area contributed by atoms with Crippen molar-refractivity contribution in [3.05, 3.63) is 85.1 Å². The fourth-order valence-corrected chi connectivity index (χ4v) is 4.17. The molecule has 0 saturated heterocycles. The minimum Gasteiger partial charge on any atom is -0.394 e. The number of rotatable bonds is 9. The summed E-state index contributed by atoms with van der Waals surface area (Å²) in [6.07, 6.45) is 3.04. The van der Waals surface area contributed by atoms with Crippen molar-refractivity contribution in [1.29, 1.82) is 4.78 Å². The van der Waals surface area contributed by atoms with Gasteiger partial charge in [-0.05, 0) is 61.0 Å². The minimum atomic E-state index is -2.80. The highest BCUT2D eigenvalue weighted by molar-refractivity contribution is 7.91. The maximum Gasteiger partial charge on any atom is 0.323 e. The fraction of sp³-hybridized carbons (Fsp3) is 0.148. The Bertz CT molecular complexity index is 1490. The Kier molecular flexibility index (Phi) is 8.19. The number of aromatic nitrogens is 2. The molecule has 0 saturated carbocycles. The second kappa shape index (κ2) is 11.7. The lowest BCUT2D eigenvalue weighted by Gasteiger charge is -2.17. The largest absolute Gasteiger partial charge is 0.394 e. The number of nitrogens with zero attached hydrogens (tertiary/aromatic N) is 2. The van der Waals surface area contributed by atoms with Crippen LogP contribution in [0.4, 0.5) is 33.6 Å². The number of amides is 2. The minimum absolute atomic E-state index is 0.0868. The van der Waals surface area contributed by atoms with Gasteiger partial charge >= 0.3 is 6.03 Å². The summed E-state index contributed by atoms with van der Waals surface area (Å²) < 4.78 is 19.6. The van der Waals surface area contributed by atoms with E-state index in [-0.39, 0.29) is 18.7 Å². The maximum absolute atomic E-state index is 12.3. The predicted octanol–water partition coefficient (Wildman–Crippen LogP) is 5.36. The molecule has 38 heavy (non-hydrogen) atoms. The zero-order valence-electron chi connectivity index (χ0n) is 20.9. The van der Waals surface area contributed by atoms with Crippen LogP contribution in [0.5, 0.6) is 0 Å². The van der Waals surface area contributed by atoms with Gasteiger partial charge in [-0.15, -0.1) is 0 Å². The highest BCUT2D eigenvalue weighted by Crippen LogP contribution is 2.29. The molecule has 0 unspecified atom stereocenters. The highest BCUT2D eigenvalue weighted by atomic mass is 32.2. The summed E-state index contributed by atoms with van der Waals surface area (Å²) in [5, 5.41) is 21.5. The van der Waals surface area contributed by atoms with Crippen LogP contribution in [-0.2, 0) is 9.73 Å². The van der Waals surface area contributed by atoms with Crippen LogP contribution < -0.4 is 21.3 Å². The molecule has 0 fully saturated rings. The monoisotopic (exact) mass is 531 g/mol. The number of urea groups is 1. The summed E-state index contributed by atoms with van der Waals surface area (Å²) in [7, 11) is -2.80.